The van der Waals surface area contributed by atoms with Gasteiger partial charge >= 0.3 is 5.97 Å². The van der Waals surface area contributed by atoms with Gasteiger partial charge in [0, 0.05) is 6.04 Å². The topological polar surface area (TPSA) is 63.3 Å². The predicted molar refractivity (Wildman–Crippen MR) is 65.2 cm³/mol. The van der Waals surface area contributed by atoms with Crippen molar-refractivity contribution in [1.29, 1.82) is 0 Å². The van der Waals surface area contributed by atoms with Crippen LogP contribution < -0.4 is 5.73 Å². The zero-order chi connectivity index (χ0) is 12.0. The largest absolute Gasteiger partial charge is 0.481 e. The number of nitrogens with two attached hydrogens (primary N) is 1. The summed E-state index contributed by atoms with van der Waals surface area (Å²) in [7, 11) is 0. The molecule has 16 heavy (non-hydrogen) atoms. The Morgan fingerprint density at radius 2 is 2.06 bits per heavy atom. The molecule has 0 aromatic heterocycles. The van der Waals surface area contributed by atoms with Crippen LogP contribution in [0.5, 0.6) is 0 Å². The number of aliphatic carboxylic acids is 1. The van der Waals surface area contributed by atoms with E-state index in [1.807, 2.05) is 0 Å². The number of carboxylic acid groups (broad SMARTS) is 1. The van der Waals surface area contributed by atoms with Crippen molar-refractivity contribution in [2.24, 2.45) is 17.6 Å². The molecule has 0 heterocycles. The van der Waals surface area contributed by atoms with Gasteiger partial charge in [-0.15, -0.1) is 0 Å². The van der Waals surface area contributed by atoms with E-state index < -0.39 is 5.97 Å². The Morgan fingerprint density at radius 1 is 1.38 bits per heavy atom. The zero-order valence-electron chi connectivity index (χ0n) is 10.3. The number of carbonyl (C=O) groups is 1. The first-order valence-electron chi connectivity index (χ1n) is 6.57. The lowest BCUT2D eigenvalue weighted by Gasteiger charge is -2.17. The monoisotopic (exact) mass is 227 g/mol. The van der Waals surface area contributed by atoms with Crippen LogP contribution in [-0.2, 0) is 4.79 Å². The number of hydrogen-bond acceptors (Lipinski definition) is 2. The van der Waals surface area contributed by atoms with Crippen molar-refractivity contribution in [2.75, 3.05) is 0 Å². The maximum atomic E-state index is 10.5. The molecule has 0 bridgehead atoms. The van der Waals surface area contributed by atoms with Crippen molar-refractivity contribution in [3.05, 3.63) is 0 Å². The van der Waals surface area contributed by atoms with Gasteiger partial charge in [-0.25, -0.2) is 0 Å². The fourth-order valence-electron chi connectivity index (χ4n) is 2.10. The standard InChI is InChI=1S/C13H25NO2/c1-10(12(14)9-13(15)16)5-3-2-4-6-11-7-8-11/h10-12H,2-9,14H2,1H3,(H,15,16)/t10-,12-/m1/s1. The van der Waals surface area contributed by atoms with Crippen LogP contribution in [0.4, 0.5) is 0 Å². The molecule has 3 heteroatoms. The Kier molecular flexibility index (Phi) is 5.81. The first-order chi connectivity index (χ1) is 7.59. The molecule has 1 saturated carbocycles. The third-order valence-electron chi connectivity index (χ3n) is 3.61. The molecule has 0 spiro atoms. The Hall–Kier alpha value is -0.570. The van der Waals surface area contributed by atoms with E-state index in [2.05, 4.69) is 6.92 Å². The second kappa shape index (κ2) is 6.89. The van der Waals surface area contributed by atoms with Crippen molar-refractivity contribution in [1.82, 2.24) is 0 Å². The minimum absolute atomic E-state index is 0.100. The molecule has 1 fully saturated rings. The highest BCUT2D eigenvalue weighted by molar-refractivity contribution is 5.67. The van der Waals surface area contributed by atoms with Crippen molar-refractivity contribution in [3.8, 4) is 0 Å². The average Bonchev–Trinajstić information content (AvgIpc) is 2.99. The van der Waals surface area contributed by atoms with Crippen LogP contribution in [0.1, 0.15) is 58.3 Å². The maximum absolute atomic E-state index is 10.5. The van der Waals surface area contributed by atoms with E-state index in [0.29, 0.717) is 5.92 Å². The van der Waals surface area contributed by atoms with E-state index in [0.717, 1.165) is 12.3 Å². The third-order valence-corrected chi connectivity index (χ3v) is 3.61. The Labute approximate surface area is 98.4 Å². The van der Waals surface area contributed by atoms with Crippen LogP contribution >= 0.6 is 0 Å². The van der Waals surface area contributed by atoms with Gasteiger partial charge in [0.2, 0.25) is 0 Å². The second-order valence-electron chi connectivity index (χ2n) is 5.32. The molecule has 1 aliphatic rings. The zero-order valence-corrected chi connectivity index (χ0v) is 10.3. The smallest absolute Gasteiger partial charge is 0.304 e. The van der Waals surface area contributed by atoms with Crippen LogP contribution in [0.3, 0.4) is 0 Å². The highest BCUT2D eigenvalue weighted by atomic mass is 16.4. The molecule has 0 amide bonds. The minimum atomic E-state index is -0.784. The van der Waals surface area contributed by atoms with Crippen LogP contribution in [-0.4, -0.2) is 17.1 Å². The average molecular weight is 227 g/mol. The van der Waals surface area contributed by atoms with Gasteiger partial charge in [-0.3, -0.25) is 4.79 Å². The second-order valence-corrected chi connectivity index (χ2v) is 5.32. The van der Waals surface area contributed by atoms with Gasteiger partial charge in [0.1, 0.15) is 0 Å². The van der Waals surface area contributed by atoms with Crippen LogP contribution in [0.15, 0.2) is 0 Å². The fraction of sp³-hybridized carbons (Fsp3) is 0.923. The summed E-state index contributed by atoms with van der Waals surface area (Å²) in [6, 6.07) is -0.180. The van der Waals surface area contributed by atoms with Crippen molar-refractivity contribution in [3.63, 3.8) is 0 Å². The molecule has 0 unspecified atom stereocenters. The van der Waals surface area contributed by atoms with E-state index in [-0.39, 0.29) is 12.5 Å². The Bertz CT molecular complexity index is 214. The lowest BCUT2D eigenvalue weighted by molar-refractivity contribution is -0.137. The predicted octanol–water partition coefficient (Wildman–Crippen LogP) is 2.79. The number of carboxylic acids is 1. The van der Waals surface area contributed by atoms with E-state index in [9.17, 15) is 4.79 Å². The van der Waals surface area contributed by atoms with Crippen molar-refractivity contribution < 1.29 is 9.90 Å². The summed E-state index contributed by atoms with van der Waals surface area (Å²) >= 11 is 0. The van der Waals surface area contributed by atoms with Gasteiger partial charge in [-0.05, 0) is 18.3 Å². The highest BCUT2D eigenvalue weighted by Crippen LogP contribution is 2.34. The molecule has 0 saturated heterocycles. The molecule has 2 atom stereocenters. The van der Waals surface area contributed by atoms with Gasteiger partial charge in [0.15, 0.2) is 0 Å². The van der Waals surface area contributed by atoms with Gasteiger partial charge in [-0.1, -0.05) is 45.4 Å². The molecule has 1 rings (SSSR count). The minimum Gasteiger partial charge on any atom is -0.481 e. The maximum Gasteiger partial charge on any atom is 0.304 e. The number of unbranched alkanes of at least 4 members (excludes halogenated alkanes) is 2. The Balaban J connectivity index is 1.95. The summed E-state index contributed by atoms with van der Waals surface area (Å²) < 4.78 is 0. The molecule has 94 valence electrons. The molecule has 1 aliphatic carbocycles. The van der Waals surface area contributed by atoms with E-state index in [4.69, 9.17) is 10.8 Å². The fourth-order valence-corrected chi connectivity index (χ4v) is 2.10. The quantitative estimate of drug-likeness (QED) is 0.595. The molecule has 0 aliphatic heterocycles. The molecule has 0 aromatic rings. The van der Waals surface area contributed by atoms with Gasteiger partial charge < -0.3 is 10.8 Å². The lowest BCUT2D eigenvalue weighted by atomic mass is 9.93. The summed E-state index contributed by atoms with van der Waals surface area (Å²) in [5.74, 6) is 0.580. The van der Waals surface area contributed by atoms with Crippen LogP contribution in [0.2, 0.25) is 0 Å². The molecule has 3 N–H and O–H groups in total. The van der Waals surface area contributed by atoms with Gasteiger partial charge in [-0.2, -0.15) is 0 Å². The molecular formula is C13H25NO2. The summed E-state index contributed by atoms with van der Waals surface area (Å²) in [4.78, 5) is 10.5. The lowest BCUT2D eigenvalue weighted by Crippen LogP contribution is -2.30. The molecular weight excluding hydrogens is 202 g/mol. The summed E-state index contributed by atoms with van der Waals surface area (Å²) in [5, 5.41) is 8.63. The van der Waals surface area contributed by atoms with Crippen molar-refractivity contribution >= 4 is 5.97 Å². The SMILES string of the molecule is C[C@H](CCCCCC1CC1)[C@H](N)CC(=O)O. The van der Waals surface area contributed by atoms with Gasteiger partial charge in [0.25, 0.3) is 0 Å². The number of hydrogen-bond donors (Lipinski definition) is 2. The summed E-state index contributed by atoms with van der Waals surface area (Å²) in [5.41, 5.74) is 5.81. The normalized spacial score (nSPS) is 19.4. The Morgan fingerprint density at radius 3 is 2.62 bits per heavy atom. The van der Waals surface area contributed by atoms with Crippen LogP contribution in [0.25, 0.3) is 0 Å². The highest BCUT2D eigenvalue weighted by Gasteiger charge is 2.20. The summed E-state index contributed by atoms with van der Waals surface area (Å²) in [6.45, 7) is 2.06. The van der Waals surface area contributed by atoms with Gasteiger partial charge in [0.05, 0.1) is 6.42 Å². The molecule has 3 nitrogen and oxygen atoms in total. The molecule has 0 radical (unpaired) electrons. The first-order valence-corrected chi connectivity index (χ1v) is 6.57. The van der Waals surface area contributed by atoms with Crippen LogP contribution in [0, 0.1) is 11.8 Å². The first kappa shape index (κ1) is 13.5. The number of rotatable bonds is 9. The van der Waals surface area contributed by atoms with E-state index in [1.54, 1.807) is 0 Å². The summed E-state index contributed by atoms with van der Waals surface area (Å²) in [6.07, 6.45) is 9.27. The van der Waals surface area contributed by atoms with Crippen molar-refractivity contribution in [2.45, 2.75) is 64.3 Å². The molecule has 0 aromatic carbocycles. The van der Waals surface area contributed by atoms with E-state index >= 15 is 0 Å². The van der Waals surface area contributed by atoms with E-state index in [1.165, 1.54) is 38.5 Å². The third kappa shape index (κ3) is 6.11.